The van der Waals surface area contributed by atoms with Crippen LogP contribution in [0.15, 0.2) is 58.5 Å². The molecule has 26 heavy (non-hydrogen) atoms. The van der Waals surface area contributed by atoms with Gasteiger partial charge in [-0.15, -0.1) is 0 Å². The summed E-state index contributed by atoms with van der Waals surface area (Å²) in [7, 11) is 3.35. The minimum Gasteiger partial charge on any atom is -0.497 e. The second-order valence-corrected chi connectivity index (χ2v) is 6.52. The van der Waals surface area contributed by atoms with Crippen LogP contribution < -0.4 is 9.47 Å². The Morgan fingerprint density at radius 1 is 0.692 bits per heavy atom. The van der Waals surface area contributed by atoms with Crippen LogP contribution >= 0.6 is 0 Å². The average Bonchev–Trinajstić information content (AvgIpc) is 2.72. The molecule has 136 valence electrons. The third-order valence-electron chi connectivity index (χ3n) is 4.76. The molecule has 0 aliphatic heterocycles. The predicted molar refractivity (Wildman–Crippen MR) is 107 cm³/mol. The summed E-state index contributed by atoms with van der Waals surface area (Å²) in [5, 5.41) is 0. The van der Waals surface area contributed by atoms with Gasteiger partial charge in [-0.1, -0.05) is 12.8 Å². The molecule has 2 aromatic carbocycles. The Balaban J connectivity index is 1.66. The van der Waals surface area contributed by atoms with E-state index in [2.05, 4.69) is 0 Å². The Labute approximate surface area is 155 Å². The highest BCUT2D eigenvalue weighted by atomic mass is 16.5. The molecule has 0 spiro atoms. The van der Waals surface area contributed by atoms with Gasteiger partial charge >= 0.3 is 0 Å². The number of rotatable bonds is 6. The maximum Gasteiger partial charge on any atom is 0.118 e. The Hall–Kier alpha value is -2.62. The smallest absolute Gasteiger partial charge is 0.118 e. The minimum absolute atomic E-state index is 0.250. The summed E-state index contributed by atoms with van der Waals surface area (Å²) < 4.78 is 10.4. The maximum atomic E-state index is 5.20. The predicted octanol–water partition coefficient (Wildman–Crippen LogP) is 4.55. The van der Waals surface area contributed by atoms with Crippen molar-refractivity contribution in [2.24, 2.45) is 9.98 Å². The molecule has 0 N–H and O–H groups in total. The van der Waals surface area contributed by atoms with Crippen LogP contribution in [0.2, 0.25) is 0 Å². The van der Waals surface area contributed by atoms with E-state index in [0.717, 1.165) is 35.5 Å². The van der Waals surface area contributed by atoms with Gasteiger partial charge in [-0.2, -0.15) is 0 Å². The molecule has 1 fully saturated rings. The van der Waals surface area contributed by atoms with E-state index in [1.807, 2.05) is 61.0 Å². The molecule has 2 aromatic rings. The highest BCUT2D eigenvalue weighted by Gasteiger charge is 2.23. The van der Waals surface area contributed by atoms with Gasteiger partial charge in [-0.05, 0) is 72.5 Å². The molecule has 3 rings (SSSR count). The van der Waals surface area contributed by atoms with Crippen LogP contribution in [-0.4, -0.2) is 38.7 Å². The zero-order chi connectivity index (χ0) is 18.2. The molecule has 2 unspecified atom stereocenters. The molecule has 1 aliphatic rings. The number of hydrogen-bond donors (Lipinski definition) is 0. The van der Waals surface area contributed by atoms with E-state index in [9.17, 15) is 0 Å². The molecule has 4 nitrogen and oxygen atoms in total. The lowest BCUT2D eigenvalue weighted by molar-refractivity contribution is 0.390. The first-order valence-electron chi connectivity index (χ1n) is 9.13. The van der Waals surface area contributed by atoms with E-state index < -0.39 is 0 Å². The number of nitrogens with zero attached hydrogens (tertiary/aromatic N) is 2. The average molecular weight is 350 g/mol. The molecule has 0 aromatic heterocycles. The fraction of sp³-hybridized carbons (Fsp3) is 0.364. The van der Waals surface area contributed by atoms with E-state index in [4.69, 9.17) is 19.5 Å². The molecular formula is C22H26N2O2. The molecule has 0 amide bonds. The van der Waals surface area contributed by atoms with Crippen molar-refractivity contribution >= 4 is 12.4 Å². The SMILES string of the molecule is COc1ccc(/C=N/C2CCCCC2/N=C/c2ccc(OC)cc2)cc1. The summed E-state index contributed by atoms with van der Waals surface area (Å²) in [6, 6.07) is 16.5. The summed E-state index contributed by atoms with van der Waals surface area (Å²) in [6.07, 6.45) is 8.56. The highest BCUT2D eigenvalue weighted by Crippen LogP contribution is 2.24. The van der Waals surface area contributed by atoms with E-state index in [1.54, 1.807) is 14.2 Å². The van der Waals surface area contributed by atoms with Crippen molar-refractivity contribution in [1.29, 1.82) is 0 Å². The molecule has 1 saturated carbocycles. The van der Waals surface area contributed by atoms with Crippen LogP contribution in [0.5, 0.6) is 11.5 Å². The normalized spacial score (nSPS) is 20.5. The summed E-state index contributed by atoms with van der Waals surface area (Å²) in [4.78, 5) is 9.66. The van der Waals surface area contributed by atoms with Gasteiger partial charge in [-0.25, -0.2) is 0 Å². The standard InChI is InChI=1S/C22H26N2O2/c1-25-19-11-7-17(8-12-19)15-23-21-5-3-4-6-22(21)24-16-18-9-13-20(26-2)14-10-18/h7-16,21-22H,3-6H2,1-2H3/b23-15+,24-16+. The monoisotopic (exact) mass is 350 g/mol. The zero-order valence-corrected chi connectivity index (χ0v) is 15.5. The van der Waals surface area contributed by atoms with Gasteiger partial charge in [0.15, 0.2) is 0 Å². The molecule has 2 atom stereocenters. The number of hydrogen-bond acceptors (Lipinski definition) is 4. The zero-order valence-electron chi connectivity index (χ0n) is 15.5. The Morgan fingerprint density at radius 2 is 1.08 bits per heavy atom. The molecule has 0 saturated heterocycles. The van der Waals surface area contributed by atoms with Crippen molar-refractivity contribution in [2.75, 3.05) is 14.2 Å². The summed E-state index contributed by atoms with van der Waals surface area (Å²) in [5.41, 5.74) is 2.18. The second kappa shape index (κ2) is 9.18. The number of methoxy groups -OCH3 is 2. The van der Waals surface area contributed by atoms with Gasteiger partial charge in [0.05, 0.1) is 26.3 Å². The van der Waals surface area contributed by atoms with Crippen LogP contribution in [0, 0.1) is 0 Å². The lowest BCUT2D eigenvalue weighted by atomic mass is 9.91. The Morgan fingerprint density at radius 3 is 1.42 bits per heavy atom. The Bertz CT molecular complexity index is 670. The van der Waals surface area contributed by atoms with Crippen molar-refractivity contribution in [2.45, 2.75) is 37.8 Å². The van der Waals surface area contributed by atoms with Crippen molar-refractivity contribution in [1.82, 2.24) is 0 Å². The third kappa shape index (κ3) is 4.94. The van der Waals surface area contributed by atoms with Gasteiger partial charge in [0, 0.05) is 12.4 Å². The summed E-state index contributed by atoms with van der Waals surface area (Å²) >= 11 is 0. The summed E-state index contributed by atoms with van der Waals surface area (Å²) in [5.74, 6) is 1.73. The lowest BCUT2D eigenvalue weighted by Crippen LogP contribution is -2.27. The van der Waals surface area contributed by atoms with Crippen molar-refractivity contribution in [3.63, 3.8) is 0 Å². The van der Waals surface area contributed by atoms with Gasteiger partial charge < -0.3 is 9.47 Å². The highest BCUT2D eigenvalue weighted by molar-refractivity contribution is 5.81. The molecule has 0 bridgehead atoms. The van der Waals surface area contributed by atoms with Gasteiger partial charge in [0.1, 0.15) is 11.5 Å². The largest absolute Gasteiger partial charge is 0.497 e. The Kier molecular flexibility index (Phi) is 6.42. The fourth-order valence-electron chi connectivity index (χ4n) is 3.18. The number of ether oxygens (including phenoxy) is 2. The first kappa shape index (κ1) is 18.2. The number of aliphatic imine (C=N–C) groups is 2. The van der Waals surface area contributed by atoms with E-state index in [-0.39, 0.29) is 12.1 Å². The first-order valence-corrected chi connectivity index (χ1v) is 9.13. The van der Waals surface area contributed by atoms with Crippen LogP contribution in [0.3, 0.4) is 0 Å². The van der Waals surface area contributed by atoms with Crippen LogP contribution in [0.1, 0.15) is 36.8 Å². The first-order chi connectivity index (χ1) is 12.8. The molecule has 0 heterocycles. The number of benzene rings is 2. The van der Waals surface area contributed by atoms with Crippen molar-refractivity contribution in [3.8, 4) is 11.5 Å². The van der Waals surface area contributed by atoms with Crippen LogP contribution in [0.4, 0.5) is 0 Å². The second-order valence-electron chi connectivity index (χ2n) is 6.52. The van der Waals surface area contributed by atoms with Crippen LogP contribution in [0.25, 0.3) is 0 Å². The quantitative estimate of drug-likeness (QED) is 0.717. The van der Waals surface area contributed by atoms with Gasteiger partial charge in [0.2, 0.25) is 0 Å². The maximum absolute atomic E-state index is 5.20. The molecule has 1 aliphatic carbocycles. The topological polar surface area (TPSA) is 43.2 Å². The van der Waals surface area contributed by atoms with Gasteiger partial charge in [0.25, 0.3) is 0 Å². The fourth-order valence-corrected chi connectivity index (χ4v) is 3.18. The van der Waals surface area contributed by atoms with E-state index in [0.29, 0.717) is 0 Å². The lowest BCUT2D eigenvalue weighted by Gasteiger charge is -2.25. The minimum atomic E-state index is 0.250. The van der Waals surface area contributed by atoms with Crippen molar-refractivity contribution < 1.29 is 9.47 Å². The summed E-state index contributed by atoms with van der Waals surface area (Å²) in [6.45, 7) is 0. The van der Waals surface area contributed by atoms with Gasteiger partial charge in [-0.3, -0.25) is 9.98 Å². The molecular weight excluding hydrogens is 324 g/mol. The molecule has 4 heteroatoms. The third-order valence-corrected chi connectivity index (χ3v) is 4.76. The van der Waals surface area contributed by atoms with Crippen LogP contribution in [-0.2, 0) is 0 Å². The van der Waals surface area contributed by atoms with E-state index >= 15 is 0 Å². The molecule has 0 radical (unpaired) electrons. The van der Waals surface area contributed by atoms with Crippen molar-refractivity contribution in [3.05, 3.63) is 59.7 Å². The van der Waals surface area contributed by atoms with E-state index in [1.165, 1.54) is 12.8 Å².